The molecular weight excluding hydrogens is 270 g/mol. The molecular formula is C14H21N5S. The smallest absolute Gasteiger partial charge is 0.214 e. The Morgan fingerprint density at radius 3 is 2.85 bits per heavy atom. The molecule has 0 aliphatic rings. The molecule has 0 saturated heterocycles. The molecule has 0 fully saturated rings. The van der Waals surface area contributed by atoms with Crippen molar-refractivity contribution in [2.45, 2.75) is 37.9 Å². The Morgan fingerprint density at radius 2 is 2.10 bits per heavy atom. The molecule has 0 saturated carbocycles. The van der Waals surface area contributed by atoms with Gasteiger partial charge < -0.3 is 5.32 Å². The van der Waals surface area contributed by atoms with E-state index in [2.05, 4.69) is 34.7 Å². The normalized spacial score (nSPS) is 12.5. The second-order valence-corrected chi connectivity index (χ2v) is 5.72. The third-order valence-electron chi connectivity index (χ3n) is 3.01. The fraction of sp³-hybridized carbons (Fsp3) is 0.500. The van der Waals surface area contributed by atoms with Crippen molar-refractivity contribution >= 4 is 11.8 Å². The highest BCUT2D eigenvalue weighted by molar-refractivity contribution is 7.99. The first kappa shape index (κ1) is 15.0. The van der Waals surface area contributed by atoms with Crippen molar-refractivity contribution in [1.29, 1.82) is 0 Å². The molecule has 0 bridgehead atoms. The second-order valence-electron chi connectivity index (χ2n) is 4.66. The Hall–Kier alpha value is -1.40. The van der Waals surface area contributed by atoms with E-state index in [9.17, 15) is 0 Å². The Balaban J connectivity index is 1.84. The topological polar surface area (TPSA) is 55.6 Å². The summed E-state index contributed by atoms with van der Waals surface area (Å²) in [6, 6.07) is 10.6. The zero-order chi connectivity index (χ0) is 14.2. The van der Waals surface area contributed by atoms with Gasteiger partial charge in [-0.3, -0.25) is 0 Å². The SMILES string of the molecule is CCNC(C)CCCSc1nnnn1-c1ccccc1. The number of hydrogen-bond donors (Lipinski definition) is 1. The predicted molar refractivity (Wildman–Crippen MR) is 82.3 cm³/mol. The second kappa shape index (κ2) is 8.01. The maximum atomic E-state index is 4.09. The summed E-state index contributed by atoms with van der Waals surface area (Å²) in [5, 5.41) is 16.2. The summed E-state index contributed by atoms with van der Waals surface area (Å²) in [6.45, 7) is 5.39. The van der Waals surface area contributed by atoms with Crippen LogP contribution in [0.3, 0.4) is 0 Å². The molecule has 1 unspecified atom stereocenters. The van der Waals surface area contributed by atoms with E-state index in [0.29, 0.717) is 6.04 Å². The van der Waals surface area contributed by atoms with Crippen LogP contribution >= 0.6 is 11.8 Å². The summed E-state index contributed by atoms with van der Waals surface area (Å²) >= 11 is 1.71. The average Bonchev–Trinajstić information content (AvgIpc) is 2.93. The molecule has 1 aromatic heterocycles. The number of aromatic nitrogens is 4. The van der Waals surface area contributed by atoms with Gasteiger partial charge >= 0.3 is 0 Å². The number of benzene rings is 1. The van der Waals surface area contributed by atoms with E-state index >= 15 is 0 Å². The lowest BCUT2D eigenvalue weighted by Crippen LogP contribution is -2.25. The summed E-state index contributed by atoms with van der Waals surface area (Å²) in [6.07, 6.45) is 2.33. The van der Waals surface area contributed by atoms with Crippen molar-refractivity contribution in [3.8, 4) is 5.69 Å². The van der Waals surface area contributed by atoms with Crippen molar-refractivity contribution in [1.82, 2.24) is 25.5 Å². The van der Waals surface area contributed by atoms with Gasteiger partial charge in [0.1, 0.15) is 0 Å². The predicted octanol–water partition coefficient (Wildman–Crippen LogP) is 2.53. The minimum absolute atomic E-state index is 0.575. The lowest BCUT2D eigenvalue weighted by molar-refractivity contribution is 0.526. The van der Waals surface area contributed by atoms with E-state index in [1.54, 1.807) is 16.4 Å². The van der Waals surface area contributed by atoms with Gasteiger partial charge in [-0.05, 0) is 48.9 Å². The molecule has 5 nitrogen and oxygen atoms in total. The number of thioether (sulfide) groups is 1. The maximum Gasteiger partial charge on any atom is 0.214 e. The Labute approximate surface area is 124 Å². The number of rotatable bonds is 8. The van der Waals surface area contributed by atoms with Gasteiger partial charge in [0.15, 0.2) is 0 Å². The van der Waals surface area contributed by atoms with Gasteiger partial charge in [0, 0.05) is 11.8 Å². The Morgan fingerprint density at radius 1 is 1.30 bits per heavy atom. The molecule has 2 aromatic rings. The van der Waals surface area contributed by atoms with Gasteiger partial charge in [-0.2, -0.15) is 4.68 Å². The molecule has 0 aliphatic carbocycles. The van der Waals surface area contributed by atoms with Crippen LogP contribution in [-0.2, 0) is 0 Å². The van der Waals surface area contributed by atoms with Gasteiger partial charge in [0.25, 0.3) is 0 Å². The number of nitrogens with one attached hydrogen (secondary N) is 1. The first-order valence-corrected chi connectivity index (χ1v) is 7.99. The molecule has 0 spiro atoms. The van der Waals surface area contributed by atoms with Gasteiger partial charge in [-0.25, -0.2) is 0 Å². The van der Waals surface area contributed by atoms with Crippen molar-refractivity contribution in [3.05, 3.63) is 30.3 Å². The summed E-state index contributed by atoms with van der Waals surface area (Å²) in [5.41, 5.74) is 1.00. The maximum absolute atomic E-state index is 4.09. The van der Waals surface area contributed by atoms with E-state index in [1.165, 1.54) is 6.42 Å². The van der Waals surface area contributed by atoms with Gasteiger partial charge in [0.05, 0.1) is 5.69 Å². The van der Waals surface area contributed by atoms with Crippen LogP contribution in [0.2, 0.25) is 0 Å². The minimum atomic E-state index is 0.575. The highest BCUT2D eigenvalue weighted by Gasteiger charge is 2.08. The third kappa shape index (κ3) is 4.31. The minimum Gasteiger partial charge on any atom is -0.315 e. The van der Waals surface area contributed by atoms with Crippen LogP contribution in [-0.4, -0.2) is 38.5 Å². The van der Waals surface area contributed by atoms with Gasteiger partial charge in [0.2, 0.25) is 5.16 Å². The fourth-order valence-corrected chi connectivity index (χ4v) is 2.86. The van der Waals surface area contributed by atoms with Crippen LogP contribution in [0.25, 0.3) is 5.69 Å². The van der Waals surface area contributed by atoms with Crippen molar-refractivity contribution in [2.24, 2.45) is 0 Å². The molecule has 1 aromatic carbocycles. The van der Waals surface area contributed by atoms with Crippen LogP contribution in [0, 0.1) is 0 Å². The molecule has 0 radical (unpaired) electrons. The molecule has 20 heavy (non-hydrogen) atoms. The lowest BCUT2D eigenvalue weighted by Gasteiger charge is -2.11. The zero-order valence-corrected chi connectivity index (χ0v) is 12.8. The standard InChI is InChI=1S/C14H21N5S/c1-3-15-12(2)8-7-11-20-14-16-17-18-19(14)13-9-5-4-6-10-13/h4-6,9-10,12,15H,3,7-8,11H2,1-2H3. The molecule has 0 aliphatic heterocycles. The first-order valence-electron chi connectivity index (χ1n) is 7.01. The zero-order valence-electron chi connectivity index (χ0n) is 12.0. The summed E-state index contributed by atoms with van der Waals surface area (Å²) in [4.78, 5) is 0. The Kier molecular flexibility index (Phi) is 6.01. The quantitative estimate of drug-likeness (QED) is 0.598. The number of tetrazole rings is 1. The van der Waals surface area contributed by atoms with E-state index < -0.39 is 0 Å². The van der Waals surface area contributed by atoms with Gasteiger partial charge in [-0.15, -0.1) is 5.10 Å². The third-order valence-corrected chi connectivity index (χ3v) is 4.01. The van der Waals surface area contributed by atoms with Crippen LogP contribution in [0.4, 0.5) is 0 Å². The van der Waals surface area contributed by atoms with E-state index in [0.717, 1.165) is 29.6 Å². The lowest BCUT2D eigenvalue weighted by atomic mass is 10.2. The molecule has 0 amide bonds. The average molecular weight is 291 g/mol. The summed E-state index contributed by atoms with van der Waals surface area (Å²) in [7, 11) is 0. The molecule has 6 heteroatoms. The molecule has 108 valence electrons. The van der Waals surface area contributed by atoms with E-state index in [-0.39, 0.29) is 0 Å². The van der Waals surface area contributed by atoms with Crippen molar-refractivity contribution < 1.29 is 0 Å². The largest absolute Gasteiger partial charge is 0.315 e. The van der Waals surface area contributed by atoms with E-state index in [1.807, 2.05) is 30.3 Å². The summed E-state index contributed by atoms with van der Waals surface area (Å²) in [5.74, 6) is 1.03. The van der Waals surface area contributed by atoms with Crippen LogP contribution in [0.1, 0.15) is 26.7 Å². The summed E-state index contributed by atoms with van der Waals surface area (Å²) < 4.78 is 1.79. The van der Waals surface area contributed by atoms with Crippen LogP contribution in [0.5, 0.6) is 0 Å². The fourth-order valence-electron chi connectivity index (χ4n) is 2.00. The molecule has 1 heterocycles. The van der Waals surface area contributed by atoms with Crippen LogP contribution < -0.4 is 5.32 Å². The number of nitrogens with zero attached hydrogens (tertiary/aromatic N) is 4. The monoisotopic (exact) mass is 291 g/mol. The van der Waals surface area contributed by atoms with Crippen molar-refractivity contribution in [3.63, 3.8) is 0 Å². The van der Waals surface area contributed by atoms with Gasteiger partial charge in [-0.1, -0.05) is 36.9 Å². The van der Waals surface area contributed by atoms with Crippen molar-refractivity contribution in [2.75, 3.05) is 12.3 Å². The first-order chi connectivity index (χ1) is 9.81. The number of hydrogen-bond acceptors (Lipinski definition) is 5. The molecule has 1 N–H and O–H groups in total. The highest BCUT2D eigenvalue weighted by atomic mass is 32.2. The van der Waals surface area contributed by atoms with E-state index in [4.69, 9.17) is 0 Å². The molecule has 1 atom stereocenters. The Bertz CT molecular complexity index is 499. The number of para-hydroxylation sites is 1. The molecule has 2 rings (SSSR count). The highest BCUT2D eigenvalue weighted by Crippen LogP contribution is 2.19. The van der Waals surface area contributed by atoms with Crippen LogP contribution in [0.15, 0.2) is 35.5 Å².